The molecule has 30 heavy (non-hydrogen) atoms. The summed E-state index contributed by atoms with van der Waals surface area (Å²) in [4.78, 5) is 26.5. The lowest BCUT2D eigenvalue weighted by molar-refractivity contribution is -0.122. The van der Waals surface area contributed by atoms with Crippen molar-refractivity contribution in [3.63, 3.8) is 0 Å². The Bertz CT molecular complexity index is 1050. The molecule has 2 heterocycles. The molecule has 156 valence electrons. The molecule has 0 spiro atoms. The van der Waals surface area contributed by atoms with Gasteiger partial charge in [0.1, 0.15) is 0 Å². The van der Waals surface area contributed by atoms with Crippen LogP contribution in [-0.2, 0) is 4.79 Å². The summed E-state index contributed by atoms with van der Waals surface area (Å²) in [7, 11) is 3.93. The Hall–Kier alpha value is -3.26. The van der Waals surface area contributed by atoms with E-state index in [1.807, 2.05) is 53.9 Å². The number of pyridine rings is 1. The second-order valence-corrected chi connectivity index (χ2v) is 7.92. The Morgan fingerprint density at radius 3 is 2.53 bits per heavy atom. The smallest absolute Gasteiger partial charge is 0.251 e. The Morgan fingerprint density at radius 2 is 1.87 bits per heavy atom. The van der Waals surface area contributed by atoms with Crippen LogP contribution >= 0.6 is 0 Å². The van der Waals surface area contributed by atoms with Gasteiger partial charge in [0.15, 0.2) is 11.5 Å². The SMILES string of the molecule is CN(C)CCNC(=O)c1ccc(-c2nnc3ccc(NC(=O)C4CCC4)cn23)cc1. The highest BCUT2D eigenvalue weighted by atomic mass is 16.2. The Labute approximate surface area is 175 Å². The van der Waals surface area contributed by atoms with Crippen molar-refractivity contribution >= 4 is 23.1 Å². The first kappa shape index (κ1) is 20.0. The van der Waals surface area contributed by atoms with Crippen LogP contribution < -0.4 is 10.6 Å². The summed E-state index contributed by atoms with van der Waals surface area (Å²) in [5, 5.41) is 14.4. The zero-order valence-corrected chi connectivity index (χ0v) is 17.3. The first-order chi connectivity index (χ1) is 14.5. The number of rotatable bonds is 7. The molecule has 1 aliphatic carbocycles. The van der Waals surface area contributed by atoms with Gasteiger partial charge in [-0.15, -0.1) is 10.2 Å². The van der Waals surface area contributed by atoms with Crippen LogP contribution in [0.4, 0.5) is 5.69 Å². The van der Waals surface area contributed by atoms with E-state index in [1.54, 1.807) is 12.1 Å². The van der Waals surface area contributed by atoms with Gasteiger partial charge in [0, 0.05) is 36.3 Å². The molecule has 8 heteroatoms. The average molecular weight is 406 g/mol. The molecule has 1 fully saturated rings. The van der Waals surface area contributed by atoms with Crippen molar-refractivity contribution < 1.29 is 9.59 Å². The third-order valence-electron chi connectivity index (χ3n) is 5.40. The number of anilines is 1. The van der Waals surface area contributed by atoms with Crippen LogP contribution in [0.5, 0.6) is 0 Å². The molecular weight excluding hydrogens is 380 g/mol. The van der Waals surface area contributed by atoms with Gasteiger partial charge in [-0.2, -0.15) is 0 Å². The van der Waals surface area contributed by atoms with Gasteiger partial charge in [-0.05, 0) is 51.2 Å². The molecule has 0 saturated heterocycles. The van der Waals surface area contributed by atoms with Crippen LogP contribution in [-0.4, -0.2) is 58.5 Å². The molecule has 2 N–H and O–H groups in total. The van der Waals surface area contributed by atoms with Crippen molar-refractivity contribution in [3.8, 4) is 11.4 Å². The number of hydrogen-bond donors (Lipinski definition) is 2. The van der Waals surface area contributed by atoms with Gasteiger partial charge in [-0.1, -0.05) is 18.6 Å². The zero-order valence-electron chi connectivity index (χ0n) is 17.3. The highest BCUT2D eigenvalue weighted by Crippen LogP contribution is 2.28. The lowest BCUT2D eigenvalue weighted by atomic mass is 9.85. The Kier molecular flexibility index (Phi) is 5.76. The van der Waals surface area contributed by atoms with Crippen molar-refractivity contribution in [1.82, 2.24) is 24.8 Å². The monoisotopic (exact) mass is 406 g/mol. The van der Waals surface area contributed by atoms with E-state index in [4.69, 9.17) is 0 Å². The summed E-state index contributed by atoms with van der Waals surface area (Å²) in [5.74, 6) is 0.747. The lowest BCUT2D eigenvalue weighted by Gasteiger charge is -2.24. The van der Waals surface area contributed by atoms with Crippen LogP contribution in [0.1, 0.15) is 29.6 Å². The number of amides is 2. The van der Waals surface area contributed by atoms with E-state index in [1.165, 1.54) is 0 Å². The molecule has 0 bridgehead atoms. The van der Waals surface area contributed by atoms with E-state index in [0.717, 1.165) is 37.1 Å². The molecule has 0 aliphatic heterocycles. The minimum absolute atomic E-state index is 0.0693. The van der Waals surface area contributed by atoms with E-state index in [2.05, 4.69) is 20.8 Å². The fraction of sp³-hybridized carbons (Fsp3) is 0.364. The van der Waals surface area contributed by atoms with Gasteiger partial charge < -0.3 is 15.5 Å². The first-order valence-electron chi connectivity index (χ1n) is 10.2. The number of carbonyl (C=O) groups excluding carboxylic acids is 2. The maximum atomic E-state index is 12.3. The number of benzene rings is 1. The molecule has 4 rings (SSSR count). The topological polar surface area (TPSA) is 91.6 Å². The Morgan fingerprint density at radius 1 is 1.10 bits per heavy atom. The number of nitrogens with one attached hydrogen (secondary N) is 2. The average Bonchev–Trinajstić information content (AvgIpc) is 3.09. The predicted octanol–water partition coefficient (Wildman–Crippen LogP) is 2.43. The van der Waals surface area contributed by atoms with Crippen molar-refractivity contribution in [2.45, 2.75) is 19.3 Å². The van der Waals surface area contributed by atoms with E-state index in [0.29, 0.717) is 23.6 Å². The Balaban J connectivity index is 1.50. The second kappa shape index (κ2) is 8.62. The normalized spacial score (nSPS) is 14.0. The maximum Gasteiger partial charge on any atom is 0.251 e. The fourth-order valence-electron chi connectivity index (χ4n) is 3.34. The van der Waals surface area contributed by atoms with Gasteiger partial charge in [0.2, 0.25) is 5.91 Å². The van der Waals surface area contributed by atoms with Gasteiger partial charge in [-0.25, -0.2) is 0 Å². The third-order valence-corrected chi connectivity index (χ3v) is 5.40. The van der Waals surface area contributed by atoms with E-state index >= 15 is 0 Å². The number of carbonyl (C=O) groups is 2. The quantitative estimate of drug-likeness (QED) is 0.629. The summed E-state index contributed by atoms with van der Waals surface area (Å²) in [6.07, 6.45) is 4.88. The van der Waals surface area contributed by atoms with Crippen molar-refractivity contribution in [3.05, 3.63) is 48.2 Å². The predicted molar refractivity (Wildman–Crippen MR) is 115 cm³/mol. The minimum atomic E-state index is -0.101. The highest BCUT2D eigenvalue weighted by molar-refractivity contribution is 5.94. The van der Waals surface area contributed by atoms with Gasteiger partial charge in [0.05, 0.1) is 5.69 Å². The van der Waals surface area contributed by atoms with Gasteiger partial charge in [0.25, 0.3) is 5.91 Å². The van der Waals surface area contributed by atoms with E-state index < -0.39 is 0 Å². The number of nitrogens with zero attached hydrogens (tertiary/aromatic N) is 4. The molecule has 2 amide bonds. The van der Waals surface area contributed by atoms with Crippen molar-refractivity contribution in [1.29, 1.82) is 0 Å². The lowest BCUT2D eigenvalue weighted by Crippen LogP contribution is -2.31. The molecule has 1 aromatic carbocycles. The van der Waals surface area contributed by atoms with Crippen molar-refractivity contribution in [2.24, 2.45) is 5.92 Å². The third kappa shape index (κ3) is 4.33. The summed E-state index contributed by atoms with van der Waals surface area (Å²) in [6.45, 7) is 1.38. The van der Waals surface area contributed by atoms with Crippen LogP contribution in [0.2, 0.25) is 0 Å². The van der Waals surface area contributed by atoms with Crippen molar-refractivity contribution in [2.75, 3.05) is 32.5 Å². The van der Waals surface area contributed by atoms with Crippen LogP contribution in [0.15, 0.2) is 42.6 Å². The molecular formula is C22H26N6O2. The summed E-state index contributed by atoms with van der Waals surface area (Å²) in [6, 6.07) is 11.0. The molecule has 3 aromatic rings. The molecule has 2 aromatic heterocycles. The molecule has 8 nitrogen and oxygen atoms in total. The minimum Gasteiger partial charge on any atom is -0.351 e. The number of aromatic nitrogens is 3. The molecule has 0 atom stereocenters. The van der Waals surface area contributed by atoms with Crippen LogP contribution in [0.25, 0.3) is 17.0 Å². The summed E-state index contributed by atoms with van der Waals surface area (Å²) >= 11 is 0. The molecule has 0 unspecified atom stereocenters. The molecule has 1 saturated carbocycles. The first-order valence-corrected chi connectivity index (χ1v) is 10.2. The zero-order chi connectivity index (χ0) is 21.1. The van der Waals surface area contributed by atoms with E-state index in [9.17, 15) is 9.59 Å². The van der Waals surface area contributed by atoms with Crippen LogP contribution in [0, 0.1) is 5.92 Å². The summed E-state index contributed by atoms with van der Waals surface area (Å²) in [5.41, 5.74) is 2.85. The second-order valence-electron chi connectivity index (χ2n) is 7.92. The van der Waals surface area contributed by atoms with E-state index in [-0.39, 0.29) is 17.7 Å². The number of likely N-dealkylation sites (N-methyl/N-ethyl adjacent to an activating group) is 1. The standard InChI is InChI=1S/C22H26N6O2/c1-27(2)13-12-23-21(29)17-8-6-15(7-9-17)20-26-25-19-11-10-18(14-28(19)20)24-22(30)16-4-3-5-16/h6-11,14,16H,3-5,12-13H2,1-2H3,(H,23,29)(H,24,30). The fourth-order valence-corrected chi connectivity index (χ4v) is 3.34. The molecule has 0 radical (unpaired) electrons. The largest absolute Gasteiger partial charge is 0.351 e. The summed E-state index contributed by atoms with van der Waals surface area (Å²) < 4.78 is 1.85. The van der Waals surface area contributed by atoms with Gasteiger partial charge in [-0.3, -0.25) is 14.0 Å². The number of hydrogen-bond acceptors (Lipinski definition) is 5. The van der Waals surface area contributed by atoms with Gasteiger partial charge >= 0.3 is 0 Å². The number of fused-ring (bicyclic) bond motifs is 1. The molecule has 1 aliphatic rings. The maximum absolute atomic E-state index is 12.3. The highest BCUT2D eigenvalue weighted by Gasteiger charge is 2.25. The van der Waals surface area contributed by atoms with Crippen LogP contribution in [0.3, 0.4) is 0 Å².